The summed E-state index contributed by atoms with van der Waals surface area (Å²) in [5, 5.41) is 2.56. The average Bonchev–Trinajstić information content (AvgIpc) is 2.46. The van der Waals surface area contributed by atoms with E-state index in [1.54, 1.807) is 6.92 Å². The van der Waals surface area contributed by atoms with Crippen molar-refractivity contribution in [1.82, 2.24) is 4.90 Å². The van der Waals surface area contributed by atoms with Gasteiger partial charge in [-0.3, -0.25) is 4.79 Å². The molecule has 1 aliphatic heterocycles. The van der Waals surface area contributed by atoms with Crippen LogP contribution in [-0.4, -0.2) is 48.7 Å². The molecule has 2 atom stereocenters. The Morgan fingerprint density at radius 2 is 2.17 bits per heavy atom. The van der Waals surface area contributed by atoms with Crippen LogP contribution in [0.25, 0.3) is 0 Å². The molecule has 3 N–H and O–H groups in total. The molecule has 9 heteroatoms. The summed E-state index contributed by atoms with van der Waals surface area (Å²) in [6, 6.07) is 5.15. The Morgan fingerprint density at radius 3 is 2.83 bits per heavy atom. The van der Waals surface area contributed by atoms with Crippen LogP contribution >= 0.6 is 0 Å². The highest BCUT2D eigenvalue weighted by Crippen LogP contribution is 2.20. The van der Waals surface area contributed by atoms with Crippen molar-refractivity contribution >= 4 is 17.6 Å². The van der Waals surface area contributed by atoms with Gasteiger partial charge in [-0.25, -0.2) is 4.79 Å². The van der Waals surface area contributed by atoms with Crippen molar-refractivity contribution in [2.45, 2.75) is 25.7 Å². The van der Waals surface area contributed by atoms with E-state index in [1.165, 1.54) is 29.2 Å². The average molecular weight is 329 g/mol. The molecule has 0 spiro atoms. The van der Waals surface area contributed by atoms with Gasteiger partial charge in [0.15, 0.2) is 6.10 Å². The zero-order valence-electron chi connectivity index (χ0n) is 12.4. The number of hydrogen-bond acceptors (Lipinski definition) is 4. The fourth-order valence-corrected chi connectivity index (χ4v) is 2.23. The first-order valence-electron chi connectivity index (χ1n) is 6.90. The van der Waals surface area contributed by atoms with Crippen LogP contribution in [-0.2, 0) is 9.53 Å². The highest BCUT2D eigenvalue weighted by atomic mass is 19.3. The molecule has 0 aliphatic carbocycles. The molecular formula is C14H17F2N3O4. The molecule has 0 radical (unpaired) electrons. The number of alkyl halides is 2. The van der Waals surface area contributed by atoms with Crippen molar-refractivity contribution < 1.29 is 27.8 Å². The summed E-state index contributed by atoms with van der Waals surface area (Å²) in [5.74, 6) is -0.718. The Kier molecular flexibility index (Phi) is 5.32. The molecule has 23 heavy (non-hydrogen) atoms. The molecule has 1 aromatic rings. The van der Waals surface area contributed by atoms with Gasteiger partial charge in [0.05, 0.1) is 12.6 Å². The van der Waals surface area contributed by atoms with Crippen LogP contribution in [0.5, 0.6) is 5.75 Å². The largest absolute Gasteiger partial charge is 0.435 e. The number of ether oxygens (including phenoxy) is 2. The van der Waals surface area contributed by atoms with Gasteiger partial charge in [-0.15, -0.1) is 0 Å². The topological polar surface area (TPSA) is 93.9 Å². The number of halogens is 2. The molecule has 0 saturated carbocycles. The number of anilines is 1. The van der Waals surface area contributed by atoms with Crippen LogP contribution < -0.4 is 15.8 Å². The van der Waals surface area contributed by atoms with E-state index in [0.29, 0.717) is 5.69 Å². The summed E-state index contributed by atoms with van der Waals surface area (Å²) in [6.45, 7) is -0.925. The third-order valence-electron chi connectivity index (χ3n) is 3.18. The van der Waals surface area contributed by atoms with Gasteiger partial charge in [-0.05, 0) is 19.1 Å². The number of carbonyl (C=O) groups is 2. The molecule has 1 heterocycles. The zero-order valence-corrected chi connectivity index (χ0v) is 12.4. The van der Waals surface area contributed by atoms with Crippen molar-refractivity contribution in [3.63, 3.8) is 0 Å². The molecule has 1 aromatic carbocycles. The molecule has 0 unspecified atom stereocenters. The fourth-order valence-electron chi connectivity index (χ4n) is 2.23. The van der Waals surface area contributed by atoms with Gasteiger partial charge >= 0.3 is 12.6 Å². The van der Waals surface area contributed by atoms with Crippen molar-refractivity contribution in [1.29, 1.82) is 0 Å². The summed E-state index contributed by atoms with van der Waals surface area (Å²) >= 11 is 0. The molecular weight excluding hydrogens is 312 g/mol. The number of hydrogen-bond donors (Lipinski definition) is 2. The minimum absolute atomic E-state index is 0.0265. The SMILES string of the molecule is C[C@@H]1CN(C(=O)Nc2cccc(OC(F)F)c2)C[C@H](C(N)=O)O1. The van der Waals surface area contributed by atoms with Gasteiger partial charge in [0, 0.05) is 18.3 Å². The Labute approximate surface area is 131 Å². The number of amides is 3. The van der Waals surface area contributed by atoms with Crippen LogP contribution in [0.4, 0.5) is 19.3 Å². The van der Waals surface area contributed by atoms with Crippen LogP contribution in [0.3, 0.4) is 0 Å². The summed E-state index contributed by atoms with van der Waals surface area (Å²) in [5.41, 5.74) is 5.50. The number of nitrogens with one attached hydrogen (secondary N) is 1. The fraction of sp³-hybridized carbons (Fsp3) is 0.429. The third-order valence-corrected chi connectivity index (χ3v) is 3.18. The second kappa shape index (κ2) is 7.23. The van der Waals surface area contributed by atoms with Crippen molar-refractivity contribution in [3.05, 3.63) is 24.3 Å². The van der Waals surface area contributed by atoms with Gasteiger partial charge in [-0.1, -0.05) is 6.07 Å². The Hall–Kier alpha value is -2.42. The van der Waals surface area contributed by atoms with E-state index in [2.05, 4.69) is 10.1 Å². The van der Waals surface area contributed by atoms with Crippen LogP contribution in [0.15, 0.2) is 24.3 Å². The molecule has 1 aliphatic rings. The lowest BCUT2D eigenvalue weighted by atomic mass is 10.2. The summed E-state index contributed by atoms with van der Waals surface area (Å²) in [6.07, 6.45) is -1.22. The molecule has 1 fully saturated rings. The number of morpholine rings is 1. The van der Waals surface area contributed by atoms with Crippen LogP contribution in [0.1, 0.15) is 6.92 Å². The lowest BCUT2D eigenvalue weighted by Crippen LogP contribution is -2.54. The van der Waals surface area contributed by atoms with E-state index in [9.17, 15) is 18.4 Å². The molecule has 7 nitrogen and oxygen atoms in total. The number of rotatable bonds is 4. The quantitative estimate of drug-likeness (QED) is 0.873. The van der Waals surface area contributed by atoms with Gasteiger partial charge < -0.3 is 25.4 Å². The Bertz CT molecular complexity index is 585. The first kappa shape index (κ1) is 16.9. The Morgan fingerprint density at radius 1 is 1.43 bits per heavy atom. The summed E-state index contributed by atoms with van der Waals surface area (Å²) in [7, 11) is 0. The maximum absolute atomic E-state index is 12.2. The van der Waals surface area contributed by atoms with Gasteiger partial charge in [0.1, 0.15) is 5.75 Å². The maximum Gasteiger partial charge on any atom is 0.387 e. The number of urea groups is 1. The van der Waals surface area contributed by atoms with Crippen LogP contribution in [0, 0.1) is 0 Å². The maximum atomic E-state index is 12.2. The number of primary amides is 1. The predicted molar refractivity (Wildman–Crippen MR) is 77.2 cm³/mol. The number of carbonyl (C=O) groups excluding carboxylic acids is 2. The minimum atomic E-state index is -2.95. The van der Waals surface area contributed by atoms with E-state index in [-0.39, 0.29) is 24.9 Å². The molecule has 0 aromatic heterocycles. The molecule has 3 amide bonds. The van der Waals surface area contributed by atoms with Gasteiger partial charge in [0.25, 0.3) is 0 Å². The number of nitrogens with two attached hydrogens (primary N) is 1. The van der Waals surface area contributed by atoms with E-state index in [4.69, 9.17) is 10.5 Å². The zero-order chi connectivity index (χ0) is 17.0. The van der Waals surface area contributed by atoms with E-state index >= 15 is 0 Å². The highest BCUT2D eigenvalue weighted by molar-refractivity contribution is 5.90. The highest BCUT2D eigenvalue weighted by Gasteiger charge is 2.31. The van der Waals surface area contributed by atoms with E-state index in [0.717, 1.165) is 0 Å². The summed E-state index contributed by atoms with van der Waals surface area (Å²) in [4.78, 5) is 24.8. The Balaban J connectivity index is 2.02. The van der Waals surface area contributed by atoms with E-state index < -0.39 is 24.7 Å². The monoisotopic (exact) mass is 329 g/mol. The second-order valence-corrected chi connectivity index (χ2v) is 5.08. The molecule has 126 valence electrons. The first-order chi connectivity index (χ1) is 10.8. The molecule has 2 rings (SSSR count). The van der Waals surface area contributed by atoms with E-state index in [1.807, 2.05) is 0 Å². The second-order valence-electron chi connectivity index (χ2n) is 5.08. The number of benzene rings is 1. The smallest absolute Gasteiger partial charge is 0.387 e. The van der Waals surface area contributed by atoms with Crippen molar-refractivity contribution in [2.24, 2.45) is 5.73 Å². The number of nitrogens with zero attached hydrogens (tertiary/aromatic N) is 1. The van der Waals surface area contributed by atoms with Gasteiger partial charge in [0.2, 0.25) is 5.91 Å². The van der Waals surface area contributed by atoms with Crippen molar-refractivity contribution in [2.75, 3.05) is 18.4 Å². The normalized spacial score (nSPS) is 21.1. The molecule has 0 bridgehead atoms. The summed E-state index contributed by atoms with van der Waals surface area (Å²) < 4.78 is 34.0. The minimum Gasteiger partial charge on any atom is -0.435 e. The lowest BCUT2D eigenvalue weighted by Gasteiger charge is -2.35. The first-order valence-corrected chi connectivity index (χ1v) is 6.90. The lowest BCUT2D eigenvalue weighted by molar-refractivity contribution is -0.139. The van der Waals surface area contributed by atoms with Gasteiger partial charge in [-0.2, -0.15) is 8.78 Å². The standard InChI is InChI=1S/C14H17F2N3O4/c1-8-6-19(7-11(22-8)12(17)20)14(21)18-9-3-2-4-10(5-9)23-13(15)16/h2-5,8,11,13H,6-7H2,1H3,(H2,17,20)(H,18,21)/t8-,11-/m1/s1. The third kappa shape index (κ3) is 4.78. The predicted octanol–water partition coefficient (Wildman–Crippen LogP) is 1.39. The van der Waals surface area contributed by atoms with Crippen LogP contribution in [0.2, 0.25) is 0 Å². The molecule has 1 saturated heterocycles. The van der Waals surface area contributed by atoms with Crippen molar-refractivity contribution in [3.8, 4) is 5.75 Å².